The third kappa shape index (κ3) is 8.41. The minimum Gasteiger partial charge on any atom is -0.387 e. The summed E-state index contributed by atoms with van der Waals surface area (Å²) in [5.41, 5.74) is 5.46. The zero-order valence-corrected chi connectivity index (χ0v) is 18.4. The minimum absolute atomic E-state index is 0.0306. The Labute approximate surface area is 171 Å². The first-order chi connectivity index (χ1) is 13.6. The average Bonchev–Trinajstić information content (AvgIpc) is 3.20. The highest BCUT2D eigenvalue weighted by Gasteiger charge is 2.75. The van der Waals surface area contributed by atoms with Crippen molar-refractivity contribution < 1.29 is 19.7 Å². The second kappa shape index (κ2) is 16.2. The number of nitrogens with zero attached hydrogens (tertiary/aromatic N) is 1. The van der Waals surface area contributed by atoms with E-state index < -0.39 is 30.0 Å². The molecule has 4 N–H and O–H groups in total. The highest BCUT2D eigenvalue weighted by molar-refractivity contribution is 5.14. The second-order valence-electron chi connectivity index (χ2n) is 7.01. The van der Waals surface area contributed by atoms with Crippen molar-refractivity contribution in [3.8, 4) is 0 Å². The number of nitrogens with two attached hydrogens (primary N) is 1. The van der Waals surface area contributed by atoms with Crippen LogP contribution in [-0.4, -0.2) is 48.1 Å². The molecule has 168 valence electrons. The zero-order chi connectivity index (χ0) is 21.4. The van der Waals surface area contributed by atoms with Crippen LogP contribution in [-0.2, 0) is 9.47 Å². The van der Waals surface area contributed by atoms with Gasteiger partial charge in [-0.2, -0.15) is 4.91 Å². The Hall–Kier alpha value is -0.600. The van der Waals surface area contributed by atoms with E-state index in [-0.39, 0.29) is 6.54 Å². The maximum Gasteiger partial charge on any atom is 0.187 e. The van der Waals surface area contributed by atoms with Crippen LogP contribution in [0.15, 0.2) is 5.18 Å². The van der Waals surface area contributed by atoms with Gasteiger partial charge >= 0.3 is 0 Å². The van der Waals surface area contributed by atoms with Gasteiger partial charge in [-0.1, -0.05) is 77.8 Å². The molecule has 1 heterocycles. The topological polar surface area (TPSA) is 114 Å². The maximum absolute atomic E-state index is 10.3. The van der Waals surface area contributed by atoms with E-state index in [4.69, 9.17) is 15.2 Å². The number of fused-ring (bicyclic) bond motifs is 1. The number of aliphatic hydroxyl groups excluding tert-OH is 1. The predicted octanol–water partition coefficient (Wildman–Crippen LogP) is 3.94. The van der Waals surface area contributed by atoms with E-state index >= 15 is 0 Å². The highest BCUT2D eigenvalue weighted by atomic mass is 16.8. The quantitative estimate of drug-likeness (QED) is 0.298. The summed E-state index contributed by atoms with van der Waals surface area (Å²) in [4.78, 5) is 10.3. The summed E-state index contributed by atoms with van der Waals surface area (Å²) in [6.45, 7) is 9.28. The minimum atomic E-state index is -1.41. The number of rotatable bonds is 14. The van der Waals surface area contributed by atoms with Crippen LogP contribution in [0.1, 0.15) is 85.5 Å². The number of unbranched alkanes of at least 4 members (excludes halogenated alkanes) is 8. The summed E-state index contributed by atoms with van der Waals surface area (Å²) >= 11 is 0. The van der Waals surface area contributed by atoms with E-state index in [1.165, 1.54) is 38.5 Å². The summed E-state index contributed by atoms with van der Waals surface area (Å²) in [7, 11) is 0. The maximum atomic E-state index is 10.3. The summed E-state index contributed by atoms with van der Waals surface area (Å²) in [6, 6.07) is 0. The van der Waals surface area contributed by atoms with Crippen LogP contribution in [0.5, 0.6) is 0 Å². The molecule has 0 aromatic rings. The molecule has 0 spiro atoms. The van der Waals surface area contributed by atoms with E-state index in [9.17, 15) is 15.1 Å². The fourth-order valence-corrected chi connectivity index (χ4v) is 3.66. The lowest BCUT2D eigenvalue weighted by atomic mass is 10.1. The van der Waals surface area contributed by atoms with Crippen molar-refractivity contribution in [2.75, 3.05) is 19.7 Å². The molecular formula is C21H44N2O5. The average molecular weight is 405 g/mol. The van der Waals surface area contributed by atoms with Gasteiger partial charge in [0.2, 0.25) is 0 Å². The molecule has 7 nitrogen and oxygen atoms in total. The lowest BCUT2D eigenvalue weighted by Gasteiger charge is -2.20. The molecule has 1 aliphatic carbocycles. The Balaban J connectivity index is 0.00000171. The first-order valence-corrected chi connectivity index (χ1v) is 11.3. The molecule has 2 rings (SSSR count). The van der Waals surface area contributed by atoms with Gasteiger partial charge in [0.25, 0.3) is 0 Å². The fourth-order valence-electron chi connectivity index (χ4n) is 3.66. The Morgan fingerprint density at radius 1 is 0.964 bits per heavy atom. The zero-order valence-electron chi connectivity index (χ0n) is 18.4. The number of aliphatic hydroxyl groups is 2. The number of ether oxygens (including phenoxy) is 2. The van der Waals surface area contributed by atoms with Crippen molar-refractivity contribution >= 4 is 0 Å². The van der Waals surface area contributed by atoms with Gasteiger partial charge in [0.15, 0.2) is 12.1 Å². The predicted molar refractivity (Wildman–Crippen MR) is 113 cm³/mol. The third-order valence-electron chi connectivity index (χ3n) is 5.19. The fraction of sp³-hybridized carbons (Fsp3) is 1.00. The van der Waals surface area contributed by atoms with E-state index in [2.05, 4.69) is 5.18 Å². The summed E-state index contributed by atoms with van der Waals surface area (Å²) in [5.74, 6) is -2.25. The molecule has 0 bridgehead atoms. The number of hydrogen-bond donors (Lipinski definition) is 3. The van der Waals surface area contributed by atoms with E-state index in [1.54, 1.807) is 0 Å². The van der Waals surface area contributed by atoms with Crippen LogP contribution >= 0.6 is 0 Å². The summed E-state index contributed by atoms with van der Waals surface area (Å²) < 4.78 is 10.9. The molecular weight excluding hydrogens is 360 g/mol. The normalized spacial score (nSPS) is 29.8. The van der Waals surface area contributed by atoms with Gasteiger partial charge < -0.3 is 25.4 Å². The lowest BCUT2D eigenvalue weighted by molar-refractivity contribution is -0.243. The van der Waals surface area contributed by atoms with Gasteiger partial charge in [0.05, 0.1) is 12.5 Å². The largest absolute Gasteiger partial charge is 0.387 e. The van der Waals surface area contributed by atoms with Crippen LogP contribution in [0.2, 0.25) is 0 Å². The molecule has 0 radical (unpaired) electrons. The molecule has 0 amide bonds. The molecule has 0 aromatic heterocycles. The number of nitroso groups, excluding NO2 is 1. The molecule has 2 aliphatic rings. The lowest BCUT2D eigenvalue weighted by Crippen LogP contribution is -2.32. The van der Waals surface area contributed by atoms with E-state index in [0.29, 0.717) is 6.61 Å². The van der Waals surface area contributed by atoms with Gasteiger partial charge in [0.1, 0.15) is 6.10 Å². The summed E-state index contributed by atoms with van der Waals surface area (Å²) in [5, 5.41) is 22.9. The van der Waals surface area contributed by atoms with Crippen LogP contribution in [0, 0.1) is 16.7 Å². The van der Waals surface area contributed by atoms with Gasteiger partial charge in [-0.15, -0.1) is 0 Å². The van der Waals surface area contributed by atoms with Crippen molar-refractivity contribution in [3.63, 3.8) is 0 Å². The van der Waals surface area contributed by atoms with Gasteiger partial charge in [-0.25, -0.2) is 0 Å². The van der Waals surface area contributed by atoms with Crippen molar-refractivity contribution in [2.45, 2.75) is 104 Å². The molecule has 5 unspecified atom stereocenters. The monoisotopic (exact) mass is 404 g/mol. The van der Waals surface area contributed by atoms with Crippen molar-refractivity contribution in [2.24, 2.45) is 22.7 Å². The van der Waals surface area contributed by atoms with Crippen molar-refractivity contribution in [1.82, 2.24) is 0 Å². The molecule has 1 aliphatic heterocycles. The van der Waals surface area contributed by atoms with E-state index in [1.807, 2.05) is 27.7 Å². The molecule has 7 heteroatoms. The van der Waals surface area contributed by atoms with Crippen molar-refractivity contribution in [3.05, 3.63) is 4.91 Å². The molecule has 2 fully saturated rings. The van der Waals surface area contributed by atoms with Crippen LogP contribution in [0.3, 0.4) is 0 Å². The van der Waals surface area contributed by atoms with E-state index in [0.717, 1.165) is 25.8 Å². The van der Waals surface area contributed by atoms with Crippen LogP contribution in [0.25, 0.3) is 0 Å². The van der Waals surface area contributed by atoms with Crippen molar-refractivity contribution in [1.29, 1.82) is 0 Å². The van der Waals surface area contributed by atoms with Gasteiger partial charge in [-0.3, -0.25) is 0 Å². The third-order valence-corrected chi connectivity index (χ3v) is 5.19. The smallest absolute Gasteiger partial charge is 0.187 e. The van der Waals surface area contributed by atoms with Crippen LogP contribution in [0.4, 0.5) is 0 Å². The Morgan fingerprint density at radius 3 is 1.89 bits per heavy atom. The SMILES string of the molecule is CC.CC.NCCCCCCCCCCCOC1OC2(O)C(CN=O)C2C1O. The number of hydrogen-bond acceptors (Lipinski definition) is 7. The molecule has 5 atom stereocenters. The first-order valence-electron chi connectivity index (χ1n) is 11.3. The Morgan fingerprint density at radius 2 is 1.46 bits per heavy atom. The molecule has 0 aromatic carbocycles. The molecule has 1 saturated heterocycles. The molecule has 28 heavy (non-hydrogen) atoms. The summed E-state index contributed by atoms with van der Waals surface area (Å²) in [6.07, 6.45) is 9.00. The Bertz CT molecular complexity index is 386. The second-order valence-corrected chi connectivity index (χ2v) is 7.01. The van der Waals surface area contributed by atoms with Gasteiger partial charge in [-0.05, 0) is 19.4 Å². The van der Waals surface area contributed by atoms with Gasteiger partial charge in [0, 0.05) is 12.5 Å². The highest BCUT2D eigenvalue weighted by Crippen LogP contribution is 2.59. The Kier molecular flexibility index (Phi) is 15.9. The standard InChI is InChI=1S/C17H32N2O5.2C2H6/c18-10-8-6-4-2-1-3-5-7-9-11-23-16-15(20)14-13(12-19-22)17(14,21)24-16;2*1-2/h13-16,20-21H,1-12,18H2;2*1-2H3. The first kappa shape index (κ1) is 27.4. The van der Waals surface area contributed by atoms with Crippen LogP contribution < -0.4 is 5.73 Å². The molecule has 1 saturated carbocycles.